The van der Waals surface area contributed by atoms with Gasteiger partial charge in [0.1, 0.15) is 6.10 Å². The molecule has 37 heavy (non-hydrogen) atoms. The van der Waals surface area contributed by atoms with Crippen LogP contribution in [0.3, 0.4) is 0 Å². The Morgan fingerprint density at radius 2 is 1.59 bits per heavy atom. The van der Waals surface area contributed by atoms with Crippen molar-refractivity contribution < 1.29 is 19.1 Å². The molecule has 4 saturated carbocycles. The molecule has 0 radical (unpaired) electrons. The van der Waals surface area contributed by atoms with E-state index in [1.807, 2.05) is 0 Å². The Morgan fingerprint density at radius 3 is 2.22 bits per heavy atom. The summed E-state index contributed by atoms with van der Waals surface area (Å²) in [6.45, 7) is 15.6. The number of Topliss-reactive ketones (excluding diaryl/α,β-unsaturated/α-hetero) is 1. The molecule has 5 aliphatic carbocycles. The van der Waals surface area contributed by atoms with Gasteiger partial charge < -0.3 is 10.1 Å². The fourth-order valence-electron chi connectivity index (χ4n) is 11.2. The van der Waals surface area contributed by atoms with E-state index >= 15 is 0 Å². The second kappa shape index (κ2) is 8.68. The number of hydrogen-bond acceptors (Lipinski definition) is 4. The largest absolute Gasteiger partial charge is 0.462 e. The van der Waals surface area contributed by atoms with Gasteiger partial charge in [0, 0.05) is 25.8 Å². The zero-order valence-corrected chi connectivity index (χ0v) is 24.5. The number of ketones is 1. The molecule has 0 heterocycles. The van der Waals surface area contributed by atoms with Gasteiger partial charge in [0.25, 0.3) is 0 Å². The van der Waals surface area contributed by atoms with E-state index in [0.29, 0.717) is 30.1 Å². The van der Waals surface area contributed by atoms with Crippen molar-refractivity contribution in [3.8, 4) is 0 Å². The minimum Gasteiger partial charge on any atom is -0.462 e. The molecule has 5 heteroatoms. The highest BCUT2D eigenvalue weighted by Crippen LogP contribution is 2.73. The van der Waals surface area contributed by atoms with Crippen LogP contribution in [0.15, 0.2) is 11.1 Å². The maximum absolute atomic E-state index is 13.4. The Balaban J connectivity index is 1.53. The SMILES string of the molecule is CNC(=O)C12CCC3C(CCC4[C@@]3(C)CCC3C(C)(C)[C@@H](OC(C)=O)CC[C@@]34C)C1=C(C(C)C)C(=O)C2. The summed E-state index contributed by atoms with van der Waals surface area (Å²) >= 11 is 0. The van der Waals surface area contributed by atoms with Crippen LogP contribution in [0.2, 0.25) is 0 Å². The average Bonchev–Trinajstić information content (AvgIpc) is 3.13. The molecule has 206 valence electrons. The number of esters is 1. The molecule has 5 nitrogen and oxygen atoms in total. The quantitative estimate of drug-likeness (QED) is 0.454. The first-order valence-electron chi connectivity index (χ1n) is 14.9. The maximum Gasteiger partial charge on any atom is 0.302 e. The van der Waals surface area contributed by atoms with E-state index in [1.165, 1.54) is 12.0 Å². The molecule has 0 saturated heterocycles. The van der Waals surface area contributed by atoms with Crippen LogP contribution < -0.4 is 5.32 Å². The van der Waals surface area contributed by atoms with E-state index in [0.717, 1.165) is 50.5 Å². The molecule has 0 aromatic carbocycles. The monoisotopic (exact) mass is 511 g/mol. The number of amides is 1. The summed E-state index contributed by atoms with van der Waals surface area (Å²) in [6.07, 6.45) is 8.83. The lowest BCUT2D eigenvalue weighted by Gasteiger charge is -2.68. The predicted molar refractivity (Wildman–Crippen MR) is 144 cm³/mol. The standard InChI is InChI=1S/C32H49NO4/c1-18(2)26-22(35)17-32(28(36)33-8)16-11-21-20(27(26)32)9-10-24-30(21,6)14-12-23-29(4,5)25(37-19(3)34)13-15-31(23,24)7/h18,20-21,23-25H,9-17H2,1-8H3,(H,33,36)/t20?,21?,23?,24?,25-,30-,31-,32?/m0/s1. The van der Waals surface area contributed by atoms with E-state index in [2.05, 4.69) is 46.9 Å². The van der Waals surface area contributed by atoms with Gasteiger partial charge in [0.15, 0.2) is 5.78 Å². The van der Waals surface area contributed by atoms with Crippen LogP contribution in [0, 0.1) is 51.2 Å². The normalized spacial score (nSPS) is 44.5. The highest BCUT2D eigenvalue weighted by atomic mass is 16.5. The third-order valence-corrected chi connectivity index (χ3v) is 12.5. The average molecular weight is 512 g/mol. The molecule has 1 amide bonds. The summed E-state index contributed by atoms with van der Waals surface area (Å²) in [4.78, 5) is 38.7. The smallest absolute Gasteiger partial charge is 0.302 e. The van der Waals surface area contributed by atoms with Crippen molar-refractivity contribution >= 4 is 17.7 Å². The second-order valence-electron chi connectivity index (χ2n) is 14.7. The van der Waals surface area contributed by atoms with Crippen molar-refractivity contribution in [2.45, 2.75) is 112 Å². The highest BCUT2D eigenvalue weighted by Gasteiger charge is 2.67. The van der Waals surface area contributed by atoms with Gasteiger partial charge in [-0.15, -0.1) is 0 Å². The summed E-state index contributed by atoms with van der Waals surface area (Å²) in [5.74, 6) is 2.26. The molecule has 4 fully saturated rings. The lowest BCUT2D eigenvalue weighted by Crippen LogP contribution is -2.63. The zero-order valence-electron chi connectivity index (χ0n) is 24.5. The van der Waals surface area contributed by atoms with E-state index < -0.39 is 5.41 Å². The van der Waals surface area contributed by atoms with Crippen molar-refractivity contribution in [2.24, 2.45) is 51.2 Å². The number of ether oxygens (including phenoxy) is 1. The van der Waals surface area contributed by atoms with Crippen LogP contribution in [-0.2, 0) is 19.1 Å². The third kappa shape index (κ3) is 3.57. The Hall–Kier alpha value is -1.65. The van der Waals surface area contributed by atoms with Crippen molar-refractivity contribution in [1.29, 1.82) is 0 Å². The molecule has 5 aliphatic rings. The van der Waals surface area contributed by atoms with Crippen LogP contribution in [0.25, 0.3) is 0 Å². The van der Waals surface area contributed by atoms with Gasteiger partial charge >= 0.3 is 5.97 Å². The maximum atomic E-state index is 13.4. The summed E-state index contributed by atoms with van der Waals surface area (Å²) in [7, 11) is 1.73. The molecule has 5 unspecified atom stereocenters. The number of rotatable bonds is 3. The number of allylic oxidation sites excluding steroid dienone is 1. The fourth-order valence-corrected chi connectivity index (χ4v) is 11.2. The fraction of sp³-hybridized carbons (Fsp3) is 0.844. The van der Waals surface area contributed by atoms with E-state index in [-0.39, 0.29) is 45.9 Å². The number of fused-ring (bicyclic) bond motifs is 7. The van der Waals surface area contributed by atoms with Gasteiger partial charge in [-0.05, 0) is 103 Å². The van der Waals surface area contributed by atoms with Gasteiger partial charge in [-0.3, -0.25) is 14.4 Å². The Morgan fingerprint density at radius 1 is 0.919 bits per heavy atom. The number of carbonyl (C=O) groups excluding carboxylic acids is 3. The summed E-state index contributed by atoms with van der Waals surface area (Å²) in [5.41, 5.74) is 1.96. The predicted octanol–water partition coefficient (Wildman–Crippen LogP) is 6.25. The van der Waals surface area contributed by atoms with Crippen LogP contribution >= 0.6 is 0 Å². The number of nitrogens with one attached hydrogen (secondary N) is 1. The molecular formula is C32H49NO4. The summed E-state index contributed by atoms with van der Waals surface area (Å²) in [5, 5.41) is 2.95. The van der Waals surface area contributed by atoms with Gasteiger partial charge in [0.05, 0.1) is 5.41 Å². The lowest BCUT2D eigenvalue weighted by atomic mass is 9.36. The molecule has 0 aliphatic heterocycles. The Labute approximate surface area is 223 Å². The second-order valence-corrected chi connectivity index (χ2v) is 14.7. The van der Waals surface area contributed by atoms with Gasteiger partial charge in [-0.1, -0.05) is 41.5 Å². The molecule has 8 atom stereocenters. The van der Waals surface area contributed by atoms with E-state index in [4.69, 9.17) is 4.74 Å². The van der Waals surface area contributed by atoms with E-state index in [1.54, 1.807) is 14.0 Å². The Kier molecular flexibility index (Phi) is 6.32. The minimum absolute atomic E-state index is 0.00474. The number of hydrogen-bond donors (Lipinski definition) is 1. The van der Waals surface area contributed by atoms with Crippen LogP contribution in [-0.4, -0.2) is 30.8 Å². The molecule has 0 aromatic heterocycles. The first-order valence-corrected chi connectivity index (χ1v) is 14.9. The lowest BCUT2D eigenvalue weighted by molar-refractivity contribution is -0.212. The summed E-state index contributed by atoms with van der Waals surface area (Å²) in [6, 6.07) is 0. The highest BCUT2D eigenvalue weighted by molar-refractivity contribution is 6.06. The molecular weight excluding hydrogens is 462 g/mol. The Bertz CT molecular complexity index is 1040. The van der Waals surface area contributed by atoms with Gasteiger partial charge in [0.2, 0.25) is 5.91 Å². The van der Waals surface area contributed by atoms with E-state index in [9.17, 15) is 14.4 Å². The topological polar surface area (TPSA) is 72.5 Å². The molecule has 0 bridgehead atoms. The van der Waals surface area contributed by atoms with Gasteiger partial charge in [-0.25, -0.2) is 0 Å². The van der Waals surface area contributed by atoms with Crippen molar-refractivity contribution in [1.82, 2.24) is 5.32 Å². The molecule has 0 spiro atoms. The van der Waals surface area contributed by atoms with Crippen molar-refractivity contribution in [3.63, 3.8) is 0 Å². The van der Waals surface area contributed by atoms with Crippen molar-refractivity contribution in [2.75, 3.05) is 7.05 Å². The third-order valence-electron chi connectivity index (χ3n) is 12.5. The minimum atomic E-state index is -0.624. The number of carbonyl (C=O) groups is 3. The van der Waals surface area contributed by atoms with Crippen LogP contribution in [0.5, 0.6) is 0 Å². The van der Waals surface area contributed by atoms with Crippen molar-refractivity contribution in [3.05, 3.63) is 11.1 Å². The van der Waals surface area contributed by atoms with Crippen LogP contribution in [0.1, 0.15) is 106 Å². The van der Waals surface area contributed by atoms with Crippen LogP contribution in [0.4, 0.5) is 0 Å². The summed E-state index contributed by atoms with van der Waals surface area (Å²) < 4.78 is 5.87. The first-order chi connectivity index (χ1) is 17.2. The molecule has 1 N–H and O–H groups in total. The van der Waals surface area contributed by atoms with Gasteiger partial charge in [-0.2, -0.15) is 0 Å². The zero-order chi connectivity index (χ0) is 27.1. The molecule has 0 aromatic rings. The molecule has 5 rings (SSSR count). The first kappa shape index (κ1) is 26.9.